The standard InChI is InChI=1S/C14H14ClF3N2/c15-6-8-20(10-14(16,17)18)9-11-5-7-19-13-4-2-1-3-12(11)13/h1-5,7H,6,8-10H2. The van der Waals surface area contributed by atoms with E-state index in [9.17, 15) is 13.2 Å². The van der Waals surface area contributed by atoms with Gasteiger partial charge in [-0.25, -0.2) is 0 Å². The van der Waals surface area contributed by atoms with Crippen molar-refractivity contribution in [2.45, 2.75) is 12.7 Å². The molecule has 0 amide bonds. The summed E-state index contributed by atoms with van der Waals surface area (Å²) in [4.78, 5) is 5.50. The van der Waals surface area contributed by atoms with Crippen molar-refractivity contribution in [1.29, 1.82) is 0 Å². The van der Waals surface area contributed by atoms with Gasteiger partial charge in [-0.3, -0.25) is 9.88 Å². The fourth-order valence-electron chi connectivity index (χ4n) is 2.12. The second kappa shape index (κ2) is 6.41. The topological polar surface area (TPSA) is 16.1 Å². The van der Waals surface area contributed by atoms with Gasteiger partial charge in [0.1, 0.15) is 0 Å². The Kier molecular flexibility index (Phi) is 4.83. The minimum absolute atomic E-state index is 0.166. The van der Waals surface area contributed by atoms with Crippen LogP contribution >= 0.6 is 11.6 Å². The largest absolute Gasteiger partial charge is 0.401 e. The molecule has 1 aromatic carbocycles. The van der Waals surface area contributed by atoms with E-state index in [1.54, 1.807) is 12.3 Å². The number of aromatic nitrogens is 1. The van der Waals surface area contributed by atoms with Gasteiger partial charge in [0.25, 0.3) is 0 Å². The van der Waals surface area contributed by atoms with Gasteiger partial charge >= 0.3 is 6.18 Å². The maximum absolute atomic E-state index is 12.5. The summed E-state index contributed by atoms with van der Waals surface area (Å²) in [6, 6.07) is 9.16. The summed E-state index contributed by atoms with van der Waals surface area (Å²) < 4.78 is 37.6. The molecule has 0 unspecified atom stereocenters. The van der Waals surface area contributed by atoms with Gasteiger partial charge in [0.15, 0.2) is 0 Å². The highest BCUT2D eigenvalue weighted by Gasteiger charge is 2.30. The molecular formula is C14H14ClF3N2. The molecule has 0 aliphatic rings. The molecule has 0 saturated carbocycles. The lowest BCUT2D eigenvalue weighted by atomic mass is 10.1. The van der Waals surface area contributed by atoms with E-state index in [0.29, 0.717) is 0 Å². The highest BCUT2D eigenvalue weighted by atomic mass is 35.5. The van der Waals surface area contributed by atoms with Gasteiger partial charge < -0.3 is 0 Å². The number of hydrogen-bond acceptors (Lipinski definition) is 2. The molecule has 1 heterocycles. The number of nitrogens with zero attached hydrogens (tertiary/aromatic N) is 2. The Bertz CT molecular complexity index is 566. The predicted molar refractivity (Wildman–Crippen MR) is 73.8 cm³/mol. The van der Waals surface area contributed by atoms with Crippen molar-refractivity contribution in [3.8, 4) is 0 Å². The van der Waals surface area contributed by atoms with Crippen LogP contribution in [0.2, 0.25) is 0 Å². The van der Waals surface area contributed by atoms with Crippen LogP contribution in [0.25, 0.3) is 10.9 Å². The molecule has 20 heavy (non-hydrogen) atoms. The first-order chi connectivity index (χ1) is 9.49. The zero-order valence-corrected chi connectivity index (χ0v) is 11.5. The number of fused-ring (bicyclic) bond motifs is 1. The van der Waals surface area contributed by atoms with E-state index in [0.717, 1.165) is 16.5 Å². The third-order valence-electron chi connectivity index (χ3n) is 2.94. The minimum Gasteiger partial charge on any atom is -0.289 e. The van der Waals surface area contributed by atoms with Crippen LogP contribution in [0.4, 0.5) is 13.2 Å². The fourth-order valence-corrected chi connectivity index (χ4v) is 2.36. The number of rotatable bonds is 5. The van der Waals surface area contributed by atoms with Crippen LogP contribution in [0.5, 0.6) is 0 Å². The van der Waals surface area contributed by atoms with Crippen LogP contribution in [-0.2, 0) is 6.54 Å². The fraction of sp³-hybridized carbons (Fsp3) is 0.357. The van der Waals surface area contributed by atoms with Gasteiger partial charge in [0.05, 0.1) is 12.1 Å². The van der Waals surface area contributed by atoms with E-state index in [1.165, 1.54) is 4.90 Å². The molecule has 108 valence electrons. The molecule has 0 saturated heterocycles. The Hall–Kier alpha value is -1.33. The molecule has 0 bridgehead atoms. The Labute approximate surface area is 120 Å². The normalized spacial score (nSPS) is 12.2. The number of para-hydroxylation sites is 1. The maximum Gasteiger partial charge on any atom is 0.401 e. The summed E-state index contributed by atoms with van der Waals surface area (Å²) in [5.74, 6) is 0.166. The molecule has 0 atom stereocenters. The SMILES string of the molecule is FC(F)(F)CN(CCCl)Cc1ccnc2ccccc12. The molecule has 0 fully saturated rings. The van der Waals surface area contributed by atoms with Crippen LogP contribution in [0.1, 0.15) is 5.56 Å². The van der Waals surface area contributed by atoms with Crippen molar-refractivity contribution < 1.29 is 13.2 Å². The van der Waals surface area contributed by atoms with Crippen molar-refractivity contribution in [3.05, 3.63) is 42.1 Å². The highest BCUT2D eigenvalue weighted by Crippen LogP contribution is 2.21. The Morgan fingerprint density at radius 1 is 1.15 bits per heavy atom. The lowest BCUT2D eigenvalue weighted by molar-refractivity contribution is -0.146. The average molecular weight is 303 g/mol. The van der Waals surface area contributed by atoms with Crippen LogP contribution in [0.3, 0.4) is 0 Å². The molecule has 2 nitrogen and oxygen atoms in total. The maximum atomic E-state index is 12.5. The summed E-state index contributed by atoms with van der Waals surface area (Å²) in [5.41, 5.74) is 1.60. The van der Waals surface area contributed by atoms with Gasteiger partial charge in [0, 0.05) is 30.6 Å². The van der Waals surface area contributed by atoms with Crippen molar-refractivity contribution in [1.82, 2.24) is 9.88 Å². The summed E-state index contributed by atoms with van der Waals surface area (Å²) in [6.45, 7) is -0.566. The van der Waals surface area contributed by atoms with Crippen LogP contribution in [-0.4, -0.2) is 35.0 Å². The second-order valence-corrected chi connectivity index (χ2v) is 4.88. The van der Waals surface area contributed by atoms with Crippen molar-refractivity contribution in [3.63, 3.8) is 0 Å². The van der Waals surface area contributed by atoms with Gasteiger partial charge in [-0.05, 0) is 17.7 Å². The van der Waals surface area contributed by atoms with E-state index in [-0.39, 0.29) is 19.0 Å². The van der Waals surface area contributed by atoms with E-state index < -0.39 is 12.7 Å². The van der Waals surface area contributed by atoms with Crippen LogP contribution < -0.4 is 0 Å². The zero-order chi connectivity index (χ0) is 14.6. The lowest BCUT2D eigenvalue weighted by Gasteiger charge is -2.23. The monoisotopic (exact) mass is 302 g/mol. The first-order valence-corrected chi connectivity index (χ1v) is 6.71. The number of benzene rings is 1. The van der Waals surface area contributed by atoms with Gasteiger partial charge in [-0.15, -0.1) is 11.6 Å². The predicted octanol–water partition coefficient (Wildman–Crippen LogP) is 3.84. The van der Waals surface area contributed by atoms with Gasteiger partial charge in [-0.2, -0.15) is 13.2 Å². The first kappa shape index (κ1) is 15.1. The van der Waals surface area contributed by atoms with Gasteiger partial charge in [-0.1, -0.05) is 18.2 Å². The van der Waals surface area contributed by atoms with Gasteiger partial charge in [0.2, 0.25) is 0 Å². The summed E-state index contributed by atoms with van der Waals surface area (Å²) in [5, 5.41) is 0.872. The molecule has 0 aliphatic heterocycles. The molecule has 0 radical (unpaired) electrons. The average Bonchev–Trinajstić information content (AvgIpc) is 2.37. The van der Waals surface area contributed by atoms with Crippen LogP contribution in [0.15, 0.2) is 36.5 Å². The van der Waals surface area contributed by atoms with E-state index in [1.807, 2.05) is 24.3 Å². The van der Waals surface area contributed by atoms with Crippen molar-refractivity contribution in [2.75, 3.05) is 19.0 Å². The number of pyridine rings is 1. The third kappa shape index (κ3) is 4.08. The highest BCUT2D eigenvalue weighted by molar-refractivity contribution is 6.18. The molecule has 0 N–H and O–H groups in total. The van der Waals surface area contributed by atoms with E-state index in [2.05, 4.69) is 4.98 Å². The Morgan fingerprint density at radius 2 is 1.90 bits per heavy atom. The quantitative estimate of drug-likeness (QED) is 0.780. The van der Waals surface area contributed by atoms with Crippen molar-refractivity contribution in [2.24, 2.45) is 0 Å². The van der Waals surface area contributed by atoms with Crippen LogP contribution in [0, 0.1) is 0 Å². The second-order valence-electron chi connectivity index (χ2n) is 4.50. The first-order valence-electron chi connectivity index (χ1n) is 6.17. The van der Waals surface area contributed by atoms with E-state index >= 15 is 0 Å². The Morgan fingerprint density at radius 3 is 2.60 bits per heavy atom. The minimum atomic E-state index is -4.23. The Balaban J connectivity index is 2.24. The molecule has 1 aromatic heterocycles. The van der Waals surface area contributed by atoms with E-state index in [4.69, 9.17) is 11.6 Å². The molecule has 2 rings (SSSR count). The summed E-state index contributed by atoms with van der Waals surface area (Å²) in [7, 11) is 0. The molecule has 6 heteroatoms. The number of halogens is 4. The molecule has 0 spiro atoms. The summed E-state index contributed by atoms with van der Waals surface area (Å²) >= 11 is 5.59. The number of hydrogen-bond donors (Lipinski definition) is 0. The lowest BCUT2D eigenvalue weighted by Crippen LogP contribution is -2.35. The molecular weight excluding hydrogens is 289 g/mol. The third-order valence-corrected chi connectivity index (χ3v) is 3.11. The zero-order valence-electron chi connectivity index (χ0n) is 10.7. The van der Waals surface area contributed by atoms with Crippen molar-refractivity contribution >= 4 is 22.5 Å². The summed E-state index contributed by atoms with van der Waals surface area (Å²) in [6.07, 6.45) is -2.61. The molecule has 0 aliphatic carbocycles. The number of alkyl halides is 4. The molecule has 2 aromatic rings. The smallest absolute Gasteiger partial charge is 0.289 e.